The van der Waals surface area contributed by atoms with Crippen molar-refractivity contribution in [3.63, 3.8) is 0 Å². The van der Waals surface area contributed by atoms with Crippen molar-refractivity contribution in [2.75, 3.05) is 33.2 Å². The van der Waals surface area contributed by atoms with Crippen LogP contribution in [0.2, 0.25) is 5.02 Å². The topological polar surface area (TPSA) is 32.2 Å². The van der Waals surface area contributed by atoms with Gasteiger partial charge in [-0.05, 0) is 69.5 Å². The summed E-state index contributed by atoms with van der Waals surface area (Å²) < 4.78 is 2.25. The highest BCUT2D eigenvalue weighted by Gasteiger charge is 2.21. The third-order valence-corrected chi connectivity index (χ3v) is 6.91. The summed E-state index contributed by atoms with van der Waals surface area (Å²) in [4.78, 5) is 2.56. The fourth-order valence-corrected chi connectivity index (χ4v) is 4.98. The zero-order valence-electron chi connectivity index (χ0n) is 19.8. The number of piperidine rings is 1. The second-order valence-electron chi connectivity index (χ2n) is 8.83. The summed E-state index contributed by atoms with van der Waals surface area (Å²) in [6, 6.07) is 18.7. The van der Waals surface area contributed by atoms with Crippen LogP contribution < -0.4 is 10.6 Å². The van der Waals surface area contributed by atoms with Crippen LogP contribution in [-0.4, -0.2) is 42.7 Å². The van der Waals surface area contributed by atoms with Crippen molar-refractivity contribution in [1.82, 2.24) is 20.1 Å². The first-order valence-corrected chi connectivity index (χ1v) is 12.3. The molecule has 2 N–H and O–H groups in total. The van der Waals surface area contributed by atoms with Crippen LogP contribution in [0.5, 0.6) is 0 Å². The molecular weight excluding hydrogens is 428 g/mol. The van der Waals surface area contributed by atoms with Gasteiger partial charge in [0, 0.05) is 48.0 Å². The summed E-state index contributed by atoms with van der Waals surface area (Å²) in [5.41, 5.74) is 5.71. The van der Waals surface area contributed by atoms with Crippen LogP contribution in [0, 0.1) is 5.92 Å². The molecule has 0 unspecified atom stereocenters. The first-order chi connectivity index (χ1) is 16.1. The Morgan fingerprint density at radius 3 is 2.64 bits per heavy atom. The molecule has 0 bridgehead atoms. The molecule has 33 heavy (non-hydrogen) atoms. The van der Waals surface area contributed by atoms with Gasteiger partial charge in [-0.2, -0.15) is 0 Å². The highest BCUT2D eigenvalue weighted by atomic mass is 35.5. The second kappa shape index (κ2) is 11.0. The minimum atomic E-state index is 0.657. The van der Waals surface area contributed by atoms with Crippen LogP contribution in [0.1, 0.15) is 31.9 Å². The Balaban J connectivity index is 1.44. The van der Waals surface area contributed by atoms with Crippen molar-refractivity contribution in [2.45, 2.75) is 26.2 Å². The average Bonchev–Trinajstić information content (AvgIpc) is 3.23. The summed E-state index contributed by atoms with van der Waals surface area (Å²) in [6.45, 7) is 10.8. The maximum Gasteiger partial charge on any atom is 0.0694 e. The van der Waals surface area contributed by atoms with Crippen molar-refractivity contribution >= 4 is 28.2 Å². The number of para-hydroxylation sites is 1. The molecule has 174 valence electrons. The largest absolute Gasteiger partial charge is 0.384 e. The molecule has 1 fully saturated rings. The molecule has 0 atom stereocenters. The Kier molecular flexibility index (Phi) is 7.79. The zero-order chi connectivity index (χ0) is 23.2. The van der Waals surface area contributed by atoms with E-state index in [1.54, 1.807) is 0 Å². The zero-order valence-corrected chi connectivity index (χ0v) is 20.5. The Hall–Kier alpha value is -2.69. The van der Waals surface area contributed by atoms with Crippen molar-refractivity contribution in [1.29, 1.82) is 0 Å². The van der Waals surface area contributed by atoms with Crippen molar-refractivity contribution < 1.29 is 0 Å². The lowest BCUT2D eigenvalue weighted by Gasteiger charge is -2.35. The molecule has 0 spiro atoms. The van der Waals surface area contributed by atoms with Gasteiger partial charge in [0.2, 0.25) is 0 Å². The Morgan fingerprint density at radius 2 is 1.91 bits per heavy atom. The number of hydrogen-bond donors (Lipinski definition) is 2. The first kappa shape index (κ1) is 23.5. The monoisotopic (exact) mass is 462 g/mol. The van der Waals surface area contributed by atoms with E-state index in [4.69, 9.17) is 11.6 Å². The minimum absolute atomic E-state index is 0.657. The van der Waals surface area contributed by atoms with Gasteiger partial charge in [-0.25, -0.2) is 0 Å². The Morgan fingerprint density at radius 1 is 1.12 bits per heavy atom. The smallest absolute Gasteiger partial charge is 0.0694 e. The standard InChI is InChI=1S/C28H35ClN4/c1-4-25(12-15-30-3)32-16-13-22(14-17-32)20-31-21(2)28-18-23-8-5-6-11-27(23)33(28)26-10-7-9-24(29)19-26/h4-11,18-19,22,30-31H,2,12-17,20H2,1,3H3/b25-4+. The lowest BCUT2D eigenvalue weighted by atomic mass is 9.96. The summed E-state index contributed by atoms with van der Waals surface area (Å²) in [6.07, 6.45) is 5.77. The van der Waals surface area contributed by atoms with E-state index >= 15 is 0 Å². The summed E-state index contributed by atoms with van der Waals surface area (Å²) >= 11 is 6.32. The number of fused-ring (bicyclic) bond motifs is 1. The molecule has 1 aliphatic rings. The quantitative estimate of drug-likeness (QED) is 0.404. The lowest BCUT2D eigenvalue weighted by molar-refractivity contribution is 0.220. The highest BCUT2D eigenvalue weighted by molar-refractivity contribution is 6.30. The van der Waals surface area contributed by atoms with Crippen molar-refractivity contribution in [2.24, 2.45) is 5.92 Å². The van der Waals surface area contributed by atoms with Gasteiger partial charge >= 0.3 is 0 Å². The molecular formula is C28H35ClN4. The Bertz CT molecular complexity index is 1120. The number of allylic oxidation sites excluding steroid dienone is 1. The van der Waals surface area contributed by atoms with E-state index in [2.05, 4.69) is 76.1 Å². The van der Waals surface area contributed by atoms with Crippen LogP contribution in [0.25, 0.3) is 22.3 Å². The lowest BCUT2D eigenvalue weighted by Crippen LogP contribution is -2.37. The van der Waals surface area contributed by atoms with E-state index in [1.807, 2.05) is 25.2 Å². The van der Waals surface area contributed by atoms with Gasteiger partial charge in [0.25, 0.3) is 0 Å². The fourth-order valence-electron chi connectivity index (χ4n) is 4.79. The number of halogens is 1. The summed E-state index contributed by atoms with van der Waals surface area (Å²) in [7, 11) is 2.02. The van der Waals surface area contributed by atoms with Crippen LogP contribution in [0.3, 0.4) is 0 Å². The van der Waals surface area contributed by atoms with E-state index in [0.717, 1.165) is 60.2 Å². The predicted molar refractivity (Wildman–Crippen MR) is 142 cm³/mol. The van der Waals surface area contributed by atoms with Gasteiger partial charge in [0.1, 0.15) is 0 Å². The van der Waals surface area contributed by atoms with E-state index < -0.39 is 0 Å². The maximum atomic E-state index is 6.32. The number of aromatic nitrogens is 1. The molecule has 4 rings (SSSR count). The predicted octanol–water partition coefficient (Wildman–Crippen LogP) is 6.07. The van der Waals surface area contributed by atoms with Crippen LogP contribution in [-0.2, 0) is 0 Å². The molecule has 2 aromatic carbocycles. The molecule has 0 radical (unpaired) electrons. The third kappa shape index (κ3) is 5.45. The van der Waals surface area contributed by atoms with Gasteiger partial charge in [-0.3, -0.25) is 0 Å². The molecule has 2 heterocycles. The summed E-state index contributed by atoms with van der Waals surface area (Å²) in [5.74, 6) is 0.657. The molecule has 4 nitrogen and oxygen atoms in total. The van der Waals surface area contributed by atoms with Crippen LogP contribution >= 0.6 is 11.6 Å². The molecule has 0 aliphatic carbocycles. The molecule has 1 saturated heterocycles. The average molecular weight is 463 g/mol. The molecule has 0 amide bonds. The summed E-state index contributed by atoms with van der Waals surface area (Å²) in [5, 5.41) is 8.85. The SMILES string of the molecule is C=C(NCC1CCN(/C(=C/C)CCNC)CC1)c1cc2ccccc2n1-c1cccc(Cl)c1. The van der Waals surface area contributed by atoms with Gasteiger partial charge in [-0.15, -0.1) is 0 Å². The van der Waals surface area contributed by atoms with E-state index in [9.17, 15) is 0 Å². The molecule has 0 saturated carbocycles. The van der Waals surface area contributed by atoms with E-state index in [-0.39, 0.29) is 0 Å². The van der Waals surface area contributed by atoms with Crippen LogP contribution in [0.15, 0.2) is 72.9 Å². The van der Waals surface area contributed by atoms with E-state index in [0.29, 0.717) is 5.92 Å². The van der Waals surface area contributed by atoms with Gasteiger partial charge in [0.15, 0.2) is 0 Å². The number of nitrogens with zero attached hydrogens (tertiary/aromatic N) is 2. The number of rotatable bonds is 9. The normalized spacial score (nSPS) is 15.2. The second-order valence-corrected chi connectivity index (χ2v) is 9.26. The van der Waals surface area contributed by atoms with Crippen LogP contribution in [0.4, 0.5) is 0 Å². The first-order valence-electron chi connectivity index (χ1n) is 11.9. The third-order valence-electron chi connectivity index (χ3n) is 6.68. The van der Waals surface area contributed by atoms with Gasteiger partial charge < -0.3 is 20.1 Å². The maximum absolute atomic E-state index is 6.32. The van der Waals surface area contributed by atoms with Crippen molar-refractivity contribution in [3.8, 4) is 5.69 Å². The highest BCUT2D eigenvalue weighted by Crippen LogP contribution is 2.29. The Labute approximate surface area is 202 Å². The fraction of sp³-hybridized carbons (Fsp3) is 0.357. The molecule has 3 aromatic rings. The minimum Gasteiger partial charge on any atom is -0.384 e. The van der Waals surface area contributed by atoms with Gasteiger partial charge in [0.05, 0.1) is 16.9 Å². The molecule has 1 aromatic heterocycles. The number of likely N-dealkylation sites (tertiary alicyclic amines) is 1. The molecule has 1 aliphatic heterocycles. The molecule has 5 heteroatoms. The van der Waals surface area contributed by atoms with Crippen molar-refractivity contribution in [3.05, 3.63) is 83.7 Å². The number of nitrogens with one attached hydrogen (secondary N) is 2. The van der Waals surface area contributed by atoms with Gasteiger partial charge in [-0.1, -0.05) is 48.5 Å². The number of benzene rings is 2. The number of hydrogen-bond acceptors (Lipinski definition) is 3. The van der Waals surface area contributed by atoms with E-state index in [1.165, 1.54) is 23.9 Å².